The van der Waals surface area contributed by atoms with Gasteiger partial charge in [-0.25, -0.2) is 0 Å². The minimum absolute atomic E-state index is 0.101. The summed E-state index contributed by atoms with van der Waals surface area (Å²) in [6.45, 7) is -0.101. The summed E-state index contributed by atoms with van der Waals surface area (Å²) in [4.78, 5) is 0. The van der Waals surface area contributed by atoms with Crippen LogP contribution in [0.2, 0.25) is 0 Å². The van der Waals surface area contributed by atoms with E-state index in [1.807, 2.05) is 0 Å². The SMILES string of the molecule is OCCCCC(O)(F)F. The molecule has 2 N–H and O–H groups in total. The quantitative estimate of drug-likeness (QED) is 0.565. The van der Waals surface area contributed by atoms with Gasteiger partial charge in [-0.2, -0.15) is 8.78 Å². The smallest absolute Gasteiger partial charge is 0.353 e. The topological polar surface area (TPSA) is 40.5 Å². The summed E-state index contributed by atoms with van der Waals surface area (Å²) in [5.41, 5.74) is 0. The zero-order valence-electron chi connectivity index (χ0n) is 4.98. The Balaban J connectivity index is 3.07. The molecule has 2 nitrogen and oxygen atoms in total. The molecule has 0 fully saturated rings. The molecule has 56 valence electrons. The van der Waals surface area contributed by atoms with E-state index in [0.717, 1.165) is 0 Å². The summed E-state index contributed by atoms with van der Waals surface area (Å²) in [6, 6.07) is 0. The summed E-state index contributed by atoms with van der Waals surface area (Å²) in [5, 5.41) is 16.0. The summed E-state index contributed by atoms with van der Waals surface area (Å²) < 4.78 is 23.0. The fraction of sp³-hybridized carbons (Fsp3) is 1.00. The van der Waals surface area contributed by atoms with Crippen molar-refractivity contribution in [2.75, 3.05) is 6.61 Å². The maximum atomic E-state index is 11.5. The van der Waals surface area contributed by atoms with E-state index < -0.39 is 12.5 Å². The first kappa shape index (κ1) is 8.78. The Hall–Kier alpha value is -0.220. The highest BCUT2D eigenvalue weighted by Crippen LogP contribution is 2.16. The molecule has 4 heteroatoms. The monoisotopic (exact) mass is 140 g/mol. The van der Waals surface area contributed by atoms with Crippen molar-refractivity contribution in [3.8, 4) is 0 Å². The van der Waals surface area contributed by atoms with E-state index in [2.05, 4.69) is 0 Å². The molecule has 0 aromatic heterocycles. The van der Waals surface area contributed by atoms with E-state index in [4.69, 9.17) is 10.2 Å². The minimum atomic E-state index is -3.56. The van der Waals surface area contributed by atoms with Crippen molar-refractivity contribution >= 4 is 0 Å². The Morgan fingerprint density at radius 3 is 2.11 bits per heavy atom. The van der Waals surface area contributed by atoms with Crippen LogP contribution in [0.25, 0.3) is 0 Å². The molecule has 0 saturated heterocycles. The summed E-state index contributed by atoms with van der Waals surface area (Å²) >= 11 is 0. The van der Waals surface area contributed by atoms with Crippen LogP contribution in [0.15, 0.2) is 0 Å². The molecule has 0 heterocycles. The van der Waals surface area contributed by atoms with E-state index in [9.17, 15) is 8.78 Å². The Morgan fingerprint density at radius 1 is 1.22 bits per heavy atom. The summed E-state index contributed by atoms with van der Waals surface area (Å²) in [6.07, 6.45) is -3.65. The number of aliphatic hydroxyl groups excluding tert-OH is 1. The number of alkyl halides is 2. The molecule has 0 radical (unpaired) electrons. The lowest BCUT2D eigenvalue weighted by molar-refractivity contribution is -0.203. The third kappa shape index (κ3) is 7.78. The molecule has 0 atom stereocenters. The van der Waals surface area contributed by atoms with Crippen LogP contribution in [0, 0.1) is 0 Å². The van der Waals surface area contributed by atoms with Crippen molar-refractivity contribution in [1.82, 2.24) is 0 Å². The molecule has 0 aliphatic heterocycles. The molecule has 0 aromatic rings. The van der Waals surface area contributed by atoms with Crippen LogP contribution < -0.4 is 0 Å². The Morgan fingerprint density at radius 2 is 1.78 bits per heavy atom. The highest BCUT2D eigenvalue weighted by atomic mass is 19.3. The maximum Gasteiger partial charge on any atom is 0.353 e. The fourth-order valence-corrected chi connectivity index (χ4v) is 0.449. The van der Waals surface area contributed by atoms with E-state index in [1.54, 1.807) is 0 Å². The van der Waals surface area contributed by atoms with Crippen LogP contribution in [0.4, 0.5) is 8.78 Å². The average Bonchev–Trinajstić information content (AvgIpc) is 1.63. The lowest BCUT2D eigenvalue weighted by atomic mass is 10.2. The third-order valence-electron chi connectivity index (χ3n) is 0.886. The van der Waals surface area contributed by atoms with Crippen molar-refractivity contribution in [3.63, 3.8) is 0 Å². The Bertz CT molecular complexity index is 69.8. The van der Waals surface area contributed by atoms with Crippen molar-refractivity contribution < 1.29 is 19.0 Å². The predicted molar refractivity (Wildman–Crippen MR) is 28.1 cm³/mol. The number of hydrogen-bond donors (Lipinski definition) is 2. The van der Waals surface area contributed by atoms with Crippen molar-refractivity contribution in [3.05, 3.63) is 0 Å². The number of rotatable bonds is 4. The first-order valence-electron chi connectivity index (χ1n) is 2.77. The molecule has 0 amide bonds. The average molecular weight is 140 g/mol. The fourth-order valence-electron chi connectivity index (χ4n) is 0.449. The molecule has 0 spiro atoms. The van der Waals surface area contributed by atoms with Gasteiger partial charge in [0.1, 0.15) is 0 Å². The minimum Gasteiger partial charge on any atom is -0.396 e. The van der Waals surface area contributed by atoms with E-state index in [1.165, 1.54) is 0 Å². The molecule has 0 aliphatic carbocycles. The van der Waals surface area contributed by atoms with Gasteiger partial charge >= 0.3 is 6.11 Å². The first-order chi connectivity index (χ1) is 4.06. The van der Waals surface area contributed by atoms with Gasteiger partial charge in [-0.15, -0.1) is 0 Å². The Kier molecular flexibility index (Phi) is 3.65. The molecule has 0 bridgehead atoms. The molecular formula is C5H10F2O2. The number of unbranched alkanes of at least 4 members (excludes halogenated alkanes) is 1. The van der Waals surface area contributed by atoms with Crippen LogP contribution in [0.5, 0.6) is 0 Å². The molecule has 0 rings (SSSR count). The lowest BCUT2D eigenvalue weighted by Gasteiger charge is -2.05. The zero-order chi connectivity index (χ0) is 7.33. The second-order valence-corrected chi connectivity index (χ2v) is 1.85. The third-order valence-corrected chi connectivity index (χ3v) is 0.886. The van der Waals surface area contributed by atoms with E-state index in [0.29, 0.717) is 6.42 Å². The maximum absolute atomic E-state index is 11.5. The van der Waals surface area contributed by atoms with Gasteiger partial charge in [-0.1, -0.05) is 0 Å². The molecule has 0 aliphatic rings. The highest BCUT2D eigenvalue weighted by molar-refractivity contribution is 4.48. The number of aliphatic hydroxyl groups is 2. The predicted octanol–water partition coefficient (Wildman–Crippen LogP) is 0.734. The van der Waals surface area contributed by atoms with Gasteiger partial charge in [0, 0.05) is 13.0 Å². The molecule has 0 saturated carbocycles. The van der Waals surface area contributed by atoms with Gasteiger partial charge in [0.2, 0.25) is 0 Å². The highest BCUT2D eigenvalue weighted by Gasteiger charge is 2.22. The van der Waals surface area contributed by atoms with Crippen molar-refractivity contribution in [1.29, 1.82) is 0 Å². The second-order valence-electron chi connectivity index (χ2n) is 1.85. The molecule has 9 heavy (non-hydrogen) atoms. The van der Waals surface area contributed by atoms with Crippen LogP contribution in [0.1, 0.15) is 19.3 Å². The van der Waals surface area contributed by atoms with Gasteiger partial charge in [-0.3, -0.25) is 0 Å². The van der Waals surface area contributed by atoms with Crippen LogP contribution in [0.3, 0.4) is 0 Å². The Labute approximate surface area is 52.1 Å². The summed E-state index contributed by atoms with van der Waals surface area (Å²) in [5.74, 6) is 0. The number of halogens is 2. The van der Waals surface area contributed by atoms with Crippen LogP contribution in [-0.4, -0.2) is 22.9 Å². The van der Waals surface area contributed by atoms with E-state index in [-0.39, 0.29) is 13.0 Å². The normalized spacial score (nSPS) is 12.0. The van der Waals surface area contributed by atoms with Gasteiger partial charge in [0.15, 0.2) is 0 Å². The van der Waals surface area contributed by atoms with E-state index >= 15 is 0 Å². The molecule has 0 unspecified atom stereocenters. The number of hydrogen-bond acceptors (Lipinski definition) is 2. The van der Waals surface area contributed by atoms with Crippen LogP contribution >= 0.6 is 0 Å². The van der Waals surface area contributed by atoms with Gasteiger partial charge in [-0.05, 0) is 12.8 Å². The van der Waals surface area contributed by atoms with Gasteiger partial charge in [0.25, 0.3) is 0 Å². The van der Waals surface area contributed by atoms with Crippen molar-refractivity contribution in [2.45, 2.75) is 25.4 Å². The standard InChI is InChI=1S/C5H10F2O2/c6-5(7,9)3-1-2-4-8/h8-9H,1-4H2. The molecular weight excluding hydrogens is 130 g/mol. The van der Waals surface area contributed by atoms with Crippen LogP contribution in [-0.2, 0) is 0 Å². The second kappa shape index (κ2) is 3.74. The molecule has 0 aromatic carbocycles. The zero-order valence-corrected chi connectivity index (χ0v) is 4.98. The lowest BCUT2D eigenvalue weighted by Crippen LogP contribution is -2.13. The van der Waals surface area contributed by atoms with Gasteiger partial charge in [0.05, 0.1) is 0 Å². The first-order valence-corrected chi connectivity index (χ1v) is 2.77. The summed E-state index contributed by atoms with van der Waals surface area (Å²) in [7, 11) is 0. The van der Waals surface area contributed by atoms with Crippen molar-refractivity contribution in [2.24, 2.45) is 0 Å². The van der Waals surface area contributed by atoms with Gasteiger partial charge < -0.3 is 10.2 Å². The largest absolute Gasteiger partial charge is 0.396 e.